The molecule has 1 aliphatic heterocycles. The lowest BCUT2D eigenvalue weighted by molar-refractivity contribution is 0.0232. The summed E-state index contributed by atoms with van der Waals surface area (Å²) >= 11 is 0. The molecular weight excluding hydrogens is 244 g/mol. The highest BCUT2D eigenvalue weighted by molar-refractivity contribution is 5.68. The van der Waals surface area contributed by atoms with Gasteiger partial charge >= 0.3 is 6.09 Å². The first-order chi connectivity index (χ1) is 8.85. The second kappa shape index (κ2) is 7.10. The number of amides is 1. The Labute approximate surface area is 116 Å². The molecule has 0 bridgehead atoms. The largest absolute Gasteiger partial charge is 0.444 e. The van der Waals surface area contributed by atoms with E-state index in [1.807, 2.05) is 27.7 Å². The van der Waals surface area contributed by atoms with Crippen LogP contribution in [0.3, 0.4) is 0 Å². The van der Waals surface area contributed by atoms with Crippen LogP contribution < -0.4 is 0 Å². The number of hydrogen-bond acceptors (Lipinski definition) is 4. The van der Waals surface area contributed by atoms with Gasteiger partial charge in [0, 0.05) is 26.2 Å². The molecule has 0 saturated carbocycles. The molecule has 1 rings (SSSR count). The van der Waals surface area contributed by atoms with Gasteiger partial charge in [0.1, 0.15) is 5.60 Å². The van der Waals surface area contributed by atoms with Crippen molar-refractivity contribution >= 4 is 6.09 Å². The highest BCUT2D eigenvalue weighted by atomic mass is 16.6. The lowest BCUT2D eigenvalue weighted by Gasteiger charge is -2.28. The lowest BCUT2D eigenvalue weighted by atomic mass is 10.1. The van der Waals surface area contributed by atoms with Crippen LogP contribution in [-0.4, -0.2) is 65.9 Å². The number of ether oxygens (including phenoxy) is 1. The number of rotatable bonds is 5. The number of aliphatic hydroxyl groups excluding tert-OH is 1. The second-order valence-corrected chi connectivity index (χ2v) is 6.20. The second-order valence-electron chi connectivity index (χ2n) is 6.20. The van der Waals surface area contributed by atoms with Crippen molar-refractivity contribution < 1.29 is 14.6 Å². The fourth-order valence-electron chi connectivity index (χ4n) is 2.38. The smallest absolute Gasteiger partial charge is 0.410 e. The van der Waals surface area contributed by atoms with E-state index in [4.69, 9.17) is 9.84 Å². The Morgan fingerprint density at radius 2 is 2.16 bits per heavy atom. The molecule has 5 heteroatoms. The van der Waals surface area contributed by atoms with E-state index in [9.17, 15) is 4.79 Å². The van der Waals surface area contributed by atoms with Crippen molar-refractivity contribution in [3.63, 3.8) is 0 Å². The average molecular weight is 272 g/mol. The van der Waals surface area contributed by atoms with Crippen LogP contribution in [0, 0.1) is 5.92 Å². The predicted octanol–water partition coefficient (Wildman–Crippen LogP) is 1.56. The number of hydrogen-bond donors (Lipinski definition) is 1. The Hall–Kier alpha value is -0.810. The molecule has 0 aliphatic carbocycles. The van der Waals surface area contributed by atoms with Gasteiger partial charge in [-0.3, -0.25) is 0 Å². The molecule has 1 atom stereocenters. The Morgan fingerprint density at radius 1 is 1.47 bits per heavy atom. The Bertz CT molecular complexity index is 289. The summed E-state index contributed by atoms with van der Waals surface area (Å²) in [5.41, 5.74) is -0.441. The van der Waals surface area contributed by atoms with Gasteiger partial charge < -0.3 is 19.6 Å². The van der Waals surface area contributed by atoms with Gasteiger partial charge in [-0.1, -0.05) is 0 Å². The Balaban J connectivity index is 2.42. The van der Waals surface area contributed by atoms with Gasteiger partial charge in [-0.25, -0.2) is 4.79 Å². The standard InChI is InChI=1S/C14H28N2O3/c1-5-16(13(18)19-14(2,3)4)11-12-6-7-15(10-12)8-9-17/h12,17H,5-11H2,1-4H3. The topological polar surface area (TPSA) is 53.0 Å². The third-order valence-corrected chi connectivity index (χ3v) is 3.30. The number of aliphatic hydroxyl groups is 1. The summed E-state index contributed by atoms with van der Waals surface area (Å²) in [6.45, 7) is 12.0. The third-order valence-electron chi connectivity index (χ3n) is 3.30. The molecule has 0 radical (unpaired) electrons. The summed E-state index contributed by atoms with van der Waals surface area (Å²) in [4.78, 5) is 16.1. The zero-order valence-corrected chi connectivity index (χ0v) is 12.7. The minimum atomic E-state index is -0.441. The molecular formula is C14H28N2O3. The maximum Gasteiger partial charge on any atom is 0.410 e. The van der Waals surface area contributed by atoms with E-state index in [-0.39, 0.29) is 12.7 Å². The molecule has 0 aromatic rings. The van der Waals surface area contributed by atoms with Gasteiger partial charge in [0.25, 0.3) is 0 Å². The van der Waals surface area contributed by atoms with Crippen molar-refractivity contribution in [2.45, 2.75) is 39.7 Å². The van der Waals surface area contributed by atoms with Crippen molar-refractivity contribution in [3.8, 4) is 0 Å². The van der Waals surface area contributed by atoms with Crippen molar-refractivity contribution in [1.29, 1.82) is 0 Å². The third kappa shape index (κ3) is 5.78. The molecule has 5 nitrogen and oxygen atoms in total. The summed E-state index contributed by atoms with van der Waals surface area (Å²) in [5, 5.41) is 8.93. The van der Waals surface area contributed by atoms with E-state index in [1.165, 1.54) is 0 Å². The van der Waals surface area contributed by atoms with Gasteiger partial charge in [-0.2, -0.15) is 0 Å². The summed E-state index contributed by atoms with van der Waals surface area (Å²) in [7, 11) is 0. The number of likely N-dealkylation sites (tertiary alicyclic amines) is 1. The first-order valence-electron chi connectivity index (χ1n) is 7.17. The molecule has 0 spiro atoms. The normalized spacial score (nSPS) is 20.6. The van der Waals surface area contributed by atoms with Gasteiger partial charge in [0.15, 0.2) is 0 Å². The SMILES string of the molecule is CCN(CC1CCN(CCO)C1)C(=O)OC(C)(C)C. The van der Waals surface area contributed by atoms with E-state index in [1.54, 1.807) is 4.90 Å². The average Bonchev–Trinajstić information content (AvgIpc) is 2.71. The monoisotopic (exact) mass is 272 g/mol. The van der Waals surface area contributed by atoms with E-state index in [2.05, 4.69) is 4.90 Å². The van der Waals surface area contributed by atoms with E-state index >= 15 is 0 Å². The van der Waals surface area contributed by atoms with Crippen LogP contribution in [0.15, 0.2) is 0 Å². The predicted molar refractivity (Wildman–Crippen MR) is 75.1 cm³/mol. The molecule has 0 aromatic carbocycles. The van der Waals surface area contributed by atoms with Crippen LogP contribution in [0.4, 0.5) is 4.79 Å². The maximum atomic E-state index is 12.0. The fraction of sp³-hybridized carbons (Fsp3) is 0.929. The molecule has 1 unspecified atom stereocenters. The van der Waals surface area contributed by atoms with Crippen molar-refractivity contribution in [1.82, 2.24) is 9.80 Å². The van der Waals surface area contributed by atoms with Crippen LogP contribution in [-0.2, 0) is 4.74 Å². The van der Waals surface area contributed by atoms with Crippen LogP contribution in [0.2, 0.25) is 0 Å². The quantitative estimate of drug-likeness (QED) is 0.825. The zero-order chi connectivity index (χ0) is 14.5. The van der Waals surface area contributed by atoms with E-state index < -0.39 is 5.60 Å². The van der Waals surface area contributed by atoms with Crippen LogP contribution in [0.25, 0.3) is 0 Å². The summed E-state index contributed by atoms with van der Waals surface area (Å²) < 4.78 is 5.41. The minimum absolute atomic E-state index is 0.205. The van der Waals surface area contributed by atoms with Crippen molar-refractivity contribution in [2.24, 2.45) is 5.92 Å². The highest BCUT2D eigenvalue weighted by Gasteiger charge is 2.27. The summed E-state index contributed by atoms with van der Waals surface area (Å²) in [6.07, 6.45) is 0.856. The molecule has 1 aliphatic rings. The number of carbonyl (C=O) groups is 1. The van der Waals surface area contributed by atoms with Crippen LogP contribution in [0.5, 0.6) is 0 Å². The molecule has 112 valence electrons. The van der Waals surface area contributed by atoms with Gasteiger partial charge in [-0.15, -0.1) is 0 Å². The number of carbonyl (C=O) groups excluding carboxylic acids is 1. The first-order valence-corrected chi connectivity index (χ1v) is 7.17. The molecule has 1 amide bonds. The molecule has 1 fully saturated rings. The van der Waals surface area contributed by atoms with Gasteiger partial charge in [0.05, 0.1) is 6.61 Å². The summed E-state index contributed by atoms with van der Waals surface area (Å²) in [6, 6.07) is 0. The molecule has 19 heavy (non-hydrogen) atoms. The molecule has 0 aromatic heterocycles. The molecule has 1 heterocycles. The fourth-order valence-corrected chi connectivity index (χ4v) is 2.38. The summed E-state index contributed by atoms with van der Waals surface area (Å²) in [5.74, 6) is 0.485. The first kappa shape index (κ1) is 16.2. The van der Waals surface area contributed by atoms with E-state index in [0.717, 1.165) is 32.6 Å². The van der Waals surface area contributed by atoms with Crippen molar-refractivity contribution in [2.75, 3.05) is 39.3 Å². The van der Waals surface area contributed by atoms with E-state index in [0.29, 0.717) is 12.5 Å². The van der Waals surface area contributed by atoms with Crippen LogP contribution in [0.1, 0.15) is 34.1 Å². The highest BCUT2D eigenvalue weighted by Crippen LogP contribution is 2.18. The maximum absolute atomic E-state index is 12.0. The van der Waals surface area contributed by atoms with Gasteiger partial charge in [-0.05, 0) is 46.6 Å². The Morgan fingerprint density at radius 3 is 2.68 bits per heavy atom. The minimum Gasteiger partial charge on any atom is -0.444 e. The zero-order valence-electron chi connectivity index (χ0n) is 12.7. The lowest BCUT2D eigenvalue weighted by Crippen LogP contribution is -2.40. The molecule has 1 saturated heterocycles. The van der Waals surface area contributed by atoms with Crippen molar-refractivity contribution in [3.05, 3.63) is 0 Å². The Kier molecular flexibility index (Phi) is 6.07. The van der Waals surface area contributed by atoms with Crippen LogP contribution >= 0.6 is 0 Å². The van der Waals surface area contributed by atoms with Gasteiger partial charge in [0.2, 0.25) is 0 Å². The number of β-amino-alcohol motifs (C(OH)–C–C–N with tert-alkyl or cyclic N) is 1. The number of nitrogens with zero attached hydrogens (tertiary/aromatic N) is 2. The molecule has 1 N–H and O–H groups in total.